The molecule has 6 nitrogen and oxygen atoms in total. The lowest BCUT2D eigenvalue weighted by Gasteiger charge is -2.26. The third kappa shape index (κ3) is 5.53. The lowest BCUT2D eigenvalue weighted by atomic mass is 10.0. The molecule has 0 aliphatic rings. The maximum absolute atomic E-state index is 6.09. The first-order valence-electron chi connectivity index (χ1n) is 19.0. The highest BCUT2D eigenvalue weighted by atomic mass is 32.1. The number of nitrogens with zero attached hydrogens (tertiary/aromatic N) is 5. The molecule has 0 amide bonds. The van der Waals surface area contributed by atoms with Crippen molar-refractivity contribution in [3.8, 4) is 32.4 Å². The van der Waals surface area contributed by atoms with Crippen LogP contribution in [-0.4, -0.2) is 19.9 Å². The molecule has 7 aromatic carbocycles. The maximum atomic E-state index is 6.09. The van der Waals surface area contributed by atoms with E-state index in [0.29, 0.717) is 5.71 Å². The molecule has 0 radical (unpaired) electrons. The van der Waals surface area contributed by atoms with Crippen LogP contribution in [0.15, 0.2) is 181 Å². The van der Waals surface area contributed by atoms with Gasteiger partial charge in [-0.25, -0.2) is 15.0 Å². The van der Waals surface area contributed by atoms with Crippen LogP contribution in [0.25, 0.3) is 96.4 Å². The Morgan fingerprint density at radius 3 is 1.62 bits per heavy atom. The van der Waals surface area contributed by atoms with Crippen molar-refractivity contribution in [1.29, 1.82) is 0 Å². The van der Waals surface area contributed by atoms with E-state index in [-0.39, 0.29) is 0 Å². The van der Waals surface area contributed by atoms with Crippen LogP contribution in [0.4, 0.5) is 17.1 Å². The Kier molecular flexibility index (Phi) is 7.47. The van der Waals surface area contributed by atoms with Crippen molar-refractivity contribution >= 4 is 104 Å². The Morgan fingerprint density at radius 1 is 0.448 bits per heavy atom. The number of rotatable bonds is 6. The molecule has 5 aromatic heterocycles. The van der Waals surface area contributed by atoms with Gasteiger partial charge in [0.1, 0.15) is 15.6 Å². The fraction of sp³-hybridized carbons (Fsp3) is 0. The fourth-order valence-corrected chi connectivity index (χ4v) is 9.92. The Morgan fingerprint density at radius 2 is 1.00 bits per heavy atom. The Bertz CT molecular complexity index is 3330. The second kappa shape index (κ2) is 13.2. The number of benzene rings is 7. The summed E-state index contributed by atoms with van der Waals surface area (Å²) < 4.78 is 8.48. The zero-order valence-corrected chi connectivity index (χ0v) is 32.3. The molecule has 0 aliphatic carbocycles. The van der Waals surface area contributed by atoms with Gasteiger partial charge in [0, 0.05) is 46.1 Å². The van der Waals surface area contributed by atoms with Gasteiger partial charge in [-0.3, -0.25) is 4.98 Å². The van der Waals surface area contributed by atoms with Crippen LogP contribution < -0.4 is 4.90 Å². The van der Waals surface area contributed by atoms with E-state index in [1.807, 2.05) is 30.3 Å². The molecule has 0 unspecified atom stereocenters. The quantitative estimate of drug-likeness (QED) is 0.167. The molecule has 0 fully saturated rings. The smallest absolute Gasteiger partial charge is 0.227 e. The van der Waals surface area contributed by atoms with Gasteiger partial charge in [-0.05, 0) is 113 Å². The van der Waals surface area contributed by atoms with Gasteiger partial charge in [-0.2, -0.15) is 0 Å². The highest BCUT2D eigenvalue weighted by Gasteiger charge is 2.18. The number of hydrogen-bond donors (Lipinski definition) is 0. The molecule has 58 heavy (non-hydrogen) atoms. The van der Waals surface area contributed by atoms with Crippen LogP contribution in [0.3, 0.4) is 0 Å². The summed E-state index contributed by atoms with van der Waals surface area (Å²) in [6.07, 6.45) is 3.55. The summed E-state index contributed by atoms with van der Waals surface area (Å²) in [6.45, 7) is 0. The van der Waals surface area contributed by atoms with Crippen molar-refractivity contribution in [2.75, 3.05) is 4.90 Å². The van der Waals surface area contributed by atoms with E-state index in [4.69, 9.17) is 19.4 Å². The topological polar surface area (TPSA) is 67.9 Å². The second-order valence-electron chi connectivity index (χ2n) is 14.3. The van der Waals surface area contributed by atoms with Crippen LogP contribution in [0.1, 0.15) is 0 Å². The number of fused-ring (bicyclic) bond motifs is 7. The number of pyridine rings is 2. The number of furan rings is 1. The van der Waals surface area contributed by atoms with Crippen LogP contribution in [0.2, 0.25) is 0 Å². The summed E-state index contributed by atoms with van der Waals surface area (Å²) in [6, 6.07) is 57.9. The molecule has 5 heterocycles. The zero-order chi connectivity index (χ0) is 38.2. The third-order valence-electron chi connectivity index (χ3n) is 10.8. The zero-order valence-electron chi connectivity index (χ0n) is 30.7. The minimum Gasteiger partial charge on any atom is -0.438 e. The highest BCUT2D eigenvalue weighted by molar-refractivity contribution is 7.22. The minimum atomic E-state index is 0.613. The summed E-state index contributed by atoms with van der Waals surface area (Å²) in [5.41, 5.74) is 10.7. The van der Waals surface area contributed by atoms with Crippen molar-refractivity contribution in [2.24, 2.45) is 0 Å². The van der Waals surface area contributed by atoms with Gasteiger partial charge >= 0.3 is 0 Å². The fourth-order valence-electron chi connectivity index (χ4n) is 7.99. The number of para-hydroxylation sites is 2. The van der Waals surface area contributed by atoms with Gasteiger partial charge in [-0.15, -0.1) is 22.7 Å². The van der Waals surface area contributed by atoms with Gasteiger partial charge in [0.15, 0.2) is 0 Å². The number of anilines is 3. The lowest BCUT2D eigenvalue weighted by molar-refractivity contribution is 0.654. The minimum absolute atomic E-state index is 0.613. The largest absolute Gasteiger partial charge is 0.438 e. The Hall–Kier alpha value is -7.26. The van der Waals surface area contributed by atoms with E-state index in [9.17, 15) is 0 Å². The van der Waals surface area contributed by atoms with E-state index in [0.717, 1.165) is 98.4 Å². The first kappa shape index (κ1) is 32.9. The summed E-state index contributed by atoms with van der Waals surface area (Å²) in [5.74, 6) is 0. The average Bonchev–Trinajstić information content (AvgIpc) is 4.02. The maximum Gasteiger partial charge on any atom is 0.227 e. The standard InChI is InChI=1S/C50H29N5OS2/c1-3-9-44-41(7-1)53-49(57-44)35-13-11-33-28-38(21-17-31(33)26-35)55(37-19-15-30(16-20-37)47-46-40-6-5-24-52-48(40)56-43(46)23-25-51-47)39-22-18-32-27-36(14-12-34(32)29-39)50-54-42-8-2-4-10-45(42)58-50/h1-29H. The van der Waals surface area contributed by atoms with Crippen molar-refractivity contribution in [3.63, 3.8) is 0 Å². The highest BCUT2D eigenvalue weighted by Crippen LogP contribution is 2.41. The van der Waals surface area contributed by atoms with E-state index in [1.54, 1.807) is 35.1 Å². The molecule has 0 atom stereocenters. The number of thiazole rings is 2. The van der Waals surface area contributed by atoms with Crippen LogP contribution >= 0.6 is 22.7 Å². The van der Waals surface area contributed by atoms with Crippen LogP contribution in [0, 0.1) is 0 Å². The SMILES string of the molecule is c1ccc2sc(-c3ccc4cc(N(c5ccc(-c6nccc7oc8ncccc8c67)cc5)c5ccc6cc(-c7nc8ccccc8s7)ccc6c5)ccc4c3)nc2c1. The molecule has 8 heteroatoms. The van der Waals surface area contributed by atoms with Crippen molar-refractivity contribution in [2.45, 2.75) is 0 Å². The summed E-state index contributed by atoms with van der Waals surface area (Å²) in [5, 5.41) is 8.62. The molecule has 0 bridgehead atoms. The summed E-state index contributed by atoms with van der Waals surface area (Å²) in [4.78, 5) is 21.5. The van der Waals surface area contributed by atoms with Crippen molar-refractivity contribution in [3.05, 3.63) is 176 Å². The van der Waals surface area contributed by atoms with E-state index < -0.39 is 0 Å². The third-order valence-corrected chi connectivity index (χ3v) is 13.0. The molecular formula is C50H29N5OS2. The second-order valence-corrected chi connectivity index (χ2v) is 16.4. The molecule has 12 aromatic rings. The monoisotopic (exact) mass is 779 g/mol. The summed E-state index contributed by atoms with van der Waals surface area (Å²) >= 11 is 3.46. The van der Waals surface area contributed by atoms with Gasteiger partial charge < -0.3 is 9.32 Å². The number of aromatic nitrogens is 4. The van der Waals surface area contributed by atoms with Crippen molar-refractivity contribution in [1.82, 2.24) is 19.9 Å². The van der Waals surface area contributed by atoms with Crippen LogP contribution in [0.5, 0.6) is 0 Å². The average molecular weight is 780 g/mol. The molecule has 0 spiro atoms. The predicted molar refractivity (Wildman–Crippen MR) is 242 cm³/mol. The van der Waals surface area contributed by atoms with Crippen molar-refractivity contribution < 1.29 is 4.42 Å². The molecule has 0 N–H and O–H groups in total. The van der Waals surface area contributed by atoms with E-state index in [2.05, 4.69) is 143 Å². The molecular weight excluding hydrogens is 751 g/mol. The first-order valence-corrected chi connectivity index (χ1v) is 20.6. The predicted octanol–water partition coefficient (Wildman–Crippen LogP) is 14.4. The normalized spacial score (nSPS) is 11.8. The van der Waals surface area contributed by atoms with Crippen LogP contribution in [-0.2, 0) is 0 Å². The summed E-state index contributed by atoms with van der Waals surface area (Å²) in [7, 11) is 0. The van der Waals surface area contributed by atoms with Gasteiger partial charge in [0.05, 0.1) is 36.9 Å². The Labute approximate surface area is 340 Å². The molecule has 0 aliphatic heterocycles. The first-order chi connectivity index (χ1) is 28.7. The molecule has 0 saturated carbocycles. The molecule has 12 rings (SSSR count). The van der Waals surface area contributed by atoms with E-state index in [1.165, 1.54) is 9.40 Å². The Balaban J connectivity index is 0.960. The molecule has 0 saturated heterocycles. The molecule has 272 valence electrons. The number of hydrogen-bond acceptors (Lipinski definition) is 8. The van der Waals surface area contributed by atoms with Gasteiger partial charge in [0.2, 0.25) is 5.71 Å². The van der Waals surface area contributed by atoms with Gasteiger partial charge in [0.25, 0.3) is 0 Å². The lowest BCUT2D eigenvalue weighted by Crippen LogP contribution is -2.10. The van der Waals surface area contributed by atoms with E-state index >= 15 is 0 Å². The van der Waals surface area contributed by atoms with Gasteiger partial charge in [-0.1, -0.05) is 72.8 Å².